The summed E-state index contributed by atoms with van der Waals surface area (Å²) < 4.78 is 5.52. The molecule has 4 heteroatoms. The molecule has 0 spiro atoms. The van der Waals surface area contributed by atoms with Crippen LogP contribution in [0, 0.1) is 0 Å². The van der Waals surface area contributed by atoms with Crippen molar-refractivity contribution >= 4 is 5.91 Å². The van der Waals surface area contributed by atoms with E-state index in [1.54, 1.807) is 0 Å². The first-order chi connectivity index (χ1) is 10.5. The third kappa shape index (κ3) is 3.33. The highest BCUT2D eigenvalue weighted by Gasteiger charge is 2.46. The van der Waals surface area contributed by atoms with Gasteiger partial charge in [0.2, 0.25) is 5.91 Å². The molecule has 1 aromatic rings. The summed E-state index contributed by atoms with van der Waals surface area (Å²) in [6.45, 7) is 5.39. The second-order valence-corrected chi connectivity index (χ2v) is 6.44. The molecule has 1 unspecified atom stereocenters. The number of benzene rings is 1. The van der Waals surface area contributed by atoms with E-state index < -0.39 is 5.54 Å². The third-order valence-electron chi connectivity index (χ3n) is 4.42. The van der Waals surface area contributed by atoms with Gasteiger partial charge in [0.15, 0.2) is 0 Å². The van der Waals surface area contributed by atoms with Crippen molar-refractivity contribution in [2.24, 2.45) is 0 Å². The van der Waals surface area contributed by atoms with Gasteiger partial charge in [-0.05, 0) is 58.3 Å². The first-order valence-corrected chi connectivity index (χ1v) is 8.14. The predicted octanol–water partition coefficient (Wildman–Crippen LogP) is 2.32. The van der Waals surface area contributed by atoms with Crippen molar-refractivity contribution in [2.75, 3.05) is 27.2 Å². The van der Waals surface area contributed by atoms with Gasteiger partial charge in [-0.3, -0.25) is 9.69 Å². The first kappa shape index (κ1) is 17.0. The van der Waals surface area contributed by atoms with Crippen LogP contribution in [0.15, 0.2) is 24.3 Å². The highest BCUT2D eigenvalue weighted by Crippen LogP contribution is 2.40. The van der Waals surface area contributed by atoms with E-state index in [1.165, 1.54) is 5.56 Å². The van der Waals surface area contributed by atoms with Crippen molar-refractivity contribution in [1.29, 1.82) is 0 Å². The monoisotopic (exact) mass is 304 g/mol. The van der Waals surface area contributed by atoms with Crippen LogP contribution in [0.4, 0.5) is 0 Å². The van der Waals surface area contributed by atoms with Gasteiger partial charge in [-0.25, -0.2) is 0 Å². The lowest BCUT2D eigenvalue weighted by Gasteiger charge is -2.35. The Bertz CT molecular complexity index is 514. The van der Waals surface area contributed by atoms with Crippen LogP contribution in [0.3, 0.4) is 0 Å². The number of ether oxygens (including phenoxy) is 1. The molecule has 1 aromatic carbocycles. The number of amides is 1. The normalized spacial score (nSPS) is 20.5. The van der Waals surface area contributed by atoms with Crippen LogP contribution >= 0.6 is 0 Å². The number of nitrogens with zero attached hydrogens (tertiary/aromatic N) is 1. The zero-order chi connectivity index (χ0) is 16.2. The Kier molecular flexibility index (Phi) is 5.59. The summed E-state index contributed by atoms with van der Waals surface area (Å²) in [5.41, 5.74) is 1.90. The molecule has 0 aliphatic heterocycles. The molecule has 4 nitrogen and oxygen atoms in total. The predicted molar refractivity (Wildman–Crippen MR) is 88.8 cm³/mol. The Labute approximate surface area is 133 Å². The van der Waals surface area contributed by atoms with Crippen molar-refractivity contribution < 1.29 is 9.53 Å². The molecule has 1 aliphatic rings. The number of carbonyl (C=O) groups is 1. The lowest BCUT2D eigenvalue weighted by molar-refractivity contribution is -0.132. The number of hydrogen-bond donors (Lipinski definition) is 1. The molecule has 0 saturated carbocycles. The molecule has 0 aromatic heterocycles. The topological polar surface area (TPSA) is 41.6 Å². The quantitative estimate of drug-likeness (QED) is 0.786. The molecule has 0 radical (unpaired) electrons. The molecule has 122 valence electrons. The SMILES string of the molecule is CC(C)OCCCNC(=O)C1(N(C)C)CCc2ccccc21. The minimum atomic E-state index is -0.532. The highest BCUT2D eigenvalue weighted by molar-refractivity contribution is 5.89. The van der Waals surface area contributed by atoms with Gasteiger partial charge >= 0.3 is 0 Å². The summed E-state index contributed by atoms with van der Waals surface area (Å²) in [6.07, 6.45) is 2.88. The number of aryl methyl sites for hydroxylation is 1. The van der Waals surface area contributed by atoms with E-state index in [4.69, 9.17) is 4.74 Å². The summed E-state index contributed by atoms with van der Waals surface area (Å²) >= 11 is 0. The van der Waals surface area contributed by atoms with Crippen molar-refractivity contribution in [2.45, 2.75) is 44.8 Å². The minimum absolute atomic E-state index is 0.104. The second kappa shape index (κ2) is 7.25. The highest BCUT2D eigenvalue weighted by atomic mass is 16.5. The standard InChI is InChI=1S/C18H28N2O2/c1-14(2)22-13-7-12-19-17(21)18(20(3)4)11-10-15-8-5-6-9-16(15)18/h5-6,8-9,14H,7,10-13H2,1-4H3,(H,19,21). The summed E-state index contributed by atoms with van der Waals surface area (Å²) in [6, 6.07) is 8.28. The molecule has 1 aliphatic carbocycles. The van der Waals surface area contributed by atoms with Crippen molar-refractivity contribution in [1.82, 2.24) is 10.2 Å². The minimum Gasteiger partial charge on any atom is -0.379 e. The average Bonchev–Trinajstić information content (AvgIpc) is 2.87. The molecule has 1 N–H and O–H groups in total. The maximum Gasteiger partial charge on any atom is 0.245 e. The maximum atomic E-state index is 12.9. The number of hydrogen-bond acceptors (Lipinski definition) is 3. The summed E-state index contributed by atoms with van der Waals surface area (Å²) in [5.74, 6) is 0.104. The number of likely N-dealkylation sites (N-methyl/N-ethyl adjacent to an activating group) is 1. The number of rotatable bonds is 7. The van der Waals surface area contributed by atoms with Gasteiger partial charge in [0.05, 0.1) is 6.10 Å². The largest absolute Gasteiger partial charge is 0.379 e. The van der Waals surface area contributed by atoms with Crippen LogP contribution in [0.5, 0.6) is 0 Å². The van der Waals surface area contributed by atoms with Crippen LogP contribution in [0.1, 0.15) is 37.8 Å². The zero-order valence-corrected chi connectivity index (χ0v) is 14.2. The van der Waals surface area contributed by atoms with Gasteiger partial charge < -0.3 is 10.1 Å². The molecular weight excluding hydrogens is 276 g/mol. The van der Waals surface area contributed by atoms with E-state index in [-0.39, 0.29) is 12.0 Å². The summed E-state index contributed by atoms with van der Waals surface area (Å²) in [4.78, 5) is 14.9. The van der Waals surface area contributed by atoms with Crippen LogP contribution in [0.25, 0.3) is 0 Å². The molecular formula is C18H28N2O2. The average molecular weight is 304 g/mol. The van der Waals surface area contributed by atoms with Crippen molar-refractivity contribution in [3.63, 3.8) is 0 Å². The molecule has 0 saturated heterocycles. The van der Waals surface area contributed by atoms with Gasteiger partial charge in [0, 0.05) is 13.2 Å². The fourth-order valence-corrected chi connectivity index (χ4v) is 3.23. The lowest BCUT2D eigenvalue weighted by Crippen LogP contribution is -2.52. The van der Waals surface area contributed by atoms with Crippen LogP contribution in [-0.4, -0.2) is 44.2 Å². The van der Waals surface area contributed by atoms with Crippen LogP contribution in [0.2, 0.25) is 0 Å². The molecule has 0 fully saturated rings. The molecule has 1 amide bonds. The number of fused-ring (bicyclic) bond motifs is 1. The fourth-order valence-electron chi connectivity index (χ4n) is 3.23. The van der Waals surface area contributed by atoms with Gasteiger partial charge in [0.1, 0.15) is 5.54 Å². The molecule has 22 heavy (non-hydrogen) atoms. The van der Waals surface area contributed by atoms with E-state index in [9.17, 15) is 4.79 Å². The Morgan fingerprint density at radius 2 is 2.09 bits per heavy atom. The molecule has 1 atom stereocenters. The summed E-state index contributed by atoms with van der Waals surface area (Å²) in [7, 11) is 3.98. The van der Waals surface area contributed by atoms with E-state index >= 15 is 0 Å². The fraction of sp³-hybridized carbons (Fsp3) is 0.611. The van der Waals surface area contributed by atoms with Crippen molar-refractivity contribution in [3.05, 3.63) is 35.4 Å². The van der Waals surface area contributed by atoms with E-state index in [1.807, 2.05) is 40.1 Å². The maximum absolute atomic E-state index is 12.9. The number of carbonyl (C=O) groups excluding carboxylic acids is 1. The molecule has 0 heterocycles. The van der Waals surface area contributed by atoms with E-state index in [0.29, 0.717) is 13.2 Å². The second-order valence-electron chi connectivity index (χ2n) is 6.44. The number of nitrogens with one attached hydrogen (secondary N) is 1. The summed E-state index contributed by atoms with van der Waals surface area (Å²) in [5, 5.41) is 3.10. The van der Waals surface area contributed by atoms with Crippen molar-refractivity contribution in [3.8, 4) is 0 Å². The Morgan fingerprint density at radius 3 is 2.77 bits per heavy atom. The smallest absolute Gasteiger partial charge is 0.245 e. The molecule has 0 bridgehead atoms. The van der Waals surface area contributed by atoms with E-state index in [2.05, 4.69) is 22.3 Å². The Morgan fingerprint density at radius 1 is 1.36 bits per heavy atom. The van der Waals surface area contributed by atoms with Crippen LogP contribution in [-0.2, 0) is 21.5 Å². The Hall–Kier alpha value is -1.39. The van der Waals surface area contributed by atoms with Gasteiger partial charge in [-0.15, -0.1) is 0 Å². The first-order valence-electron chi connectivity index (χ1n) is 8.14. The van der Waals surface area contributed by atoms with Gasteiger partial charge in [-0.1, -0.05) is 24.3 Å². The molecule has 2 rings (SSSR count). The van der Waals surface area contributed by atoms with Crippen LogP contribution < -0.4 is 5.32 Å². The zero-order valence-electron chi connectivity index (χ0n) is 14.2. The Balaban J connectivity index is 2.02. The third-order valence-corrected chi connectivity index (χ3v) is 4.42. The lowest BCUT2D eigenvalue weighted by atomic mass is 9.89. The van der Waals surface area contributed by atoms with Gasteiger partial charge in [-0.2, -0.15) is 0 Å². The van der Waals surface area contributed by atoms with Gasteiger partial charge in [0.25, 0.3) is 0 Å². The van der Waals surface area contributed by atoms with E-state index in [0.717, 1.165) is 24.8 Å².